The molecule has 5 heteroatoms. The van der Waals surface area contributed by atoms with Crippen LogP contribution in [0.15, 0.2) is 22.7 Å². The summed E-state index contributed by atoms with van der Waals surface area (Å²) in [6.07, 6.45) is -0.445. The predicted molar refractivity (Wildman–Crippen MR) is 63.4 cm³/mol. The molecular weight excluding hydrogens is 281 g/mol. The van der Waals surface area contributed by atoms with E-state index >= 15 is 0 Å². The smallest absolute Gasteiger partial charge is 0.0996 e. The van der Waals surface area contributed by atoms with E-state index in [9.17, 15) is 5.11 Å². The predicted octanol–water partition coefficient (Wildman–Crippen LogP) is 2.27. The van der Waals surface area contributed by atoms with Gasteiger partial charge >= 0.3 is 0 Å². The number of ether oxygens (including phenoxy) is 1. The van der Waals surface area contributed by atoms with Crippen LogP contribution in [-0.4, -0.2) is 30.5 Å². The Kier molecular flexibility index (Phi) is 3.51. The van der Waals surface area contributed by atoms with Gasteiger partial charge in [0.25, 0.3) is 0 Å². The third-order valence-corrected chi connectivity index (χ3v) is 3.54. The van der Waals surface area contributed by atoms with Gasteiger partial charge in [-0.2, -0.15) is 0 Å². The van der Waals surface area contributed by atoms with Crippen LogP contribution in [-0.2, 0) is 4.74 Å². The first-order valence-electron chi connectivity index (χ1n) is 4.64. The summed E-state index contributed by atoms with van der Waals surface area (Å²) in [4.78, 5) is 0. The van der Waals surface area contributed by atoms with Crippen molar-refractivity contribution in [2.24, 2.45) is 0 Å². The van der Waals surface area contributed by atoms with Crippen LogP contribution in [0.25, 0.3) is 0 Å². The molecule has 1 aliphatic heterocycles. The lowest BCUT2D eigenvalue weighted by Crippen LogP contribution is -2.31. The van der Waals surface area contributed by atoms with Gasteiger partial charge in [-0.1, -0.05) is 11.6 Å². The Labute approximate surface area is 102 Å². The third-order valence-electron chi connectivity index (χ3n) is 2.32. The van der Waals surface area contributed by atoms with Gasteiger partial charge in [-0.25, -0.2) is 0 Å². The second-order valence-corrected chi connectivity index (χ2v) is 4.75. The number of anilines is 1. The van der Waals surface area contributed by atoms with E-state index in [1.54, 1.807) is 6.07 Å². The minimum Gasteiger partial charge on any atom is -0.388 e. The van der Waals surface area contributed by atoms with Crippen molar-refractivity contribution in [3.63, 3.8) is 0 Å². The second kappa shape index (κ2) is 4.70. The highest BCUT2D eigenvalue weighted by atomic mass is 79.9. The zero-order valence-electron chi connectivity index (χ0n) is 7.91. The number of benzene rings is 1. The van der Waals surface area contributed by atoms with Gasteiger partial charge in [-0.15, -0.1) is 0 Å². The zero-order chi connectivity index (χ0) is 10.8. The highest BCUT2D eigenvalue weighted by Gasteiger charge is 2.25. The lowest BCUT2D eigenvalue weighted by Gasteiger charge is -2.16. The Morgan fingerprint density at radius 1 is 1.47 bits per heavy atom. The van der Waals surface area contributed by atoms with Crippen LogP contribution in [0.4, 0.5) is 5.69 Å². The first-order chi connectivity index (χ1) is 7.16. The first kappa shape index (κ1) is 11.2. The summed E-state index contributed by atoms with van der Waals surface area (Å²) < 4.78 is 5.98. The Morgan fingerprint density at radius 2 is 2.27 bits per heavy atom. The number of aliphatic hydroxyl groups excluding tert-OH is 1. The third kappa shape index (κ3) is 2.64. The van der Waals surface area contributed by atoms with Gasteiger partial charge in [-0.05, 0) is 34.1 Å². The molecule has 3 nitrogen and oxygen atoms in total. The summed E-state index contributed by atoms with van der Waals surface area (Å²) in [7, 11) is 0. The van der Waals surface area contributed by atoms with Gasteiger partial charge in [0.15, 0.2) is 0 Å². The quantitative estimate of drug-likeness (QED) is 0.879. The SMILES string of the molecule is OC1COCC1Nc1ccc(Cl)c(Br)c1. The molecule has 0 spiro atoms. The van der Waals surface area contributed by atoms with Crippen LogP contribution in [0.3, 0.4) is 0 Å². The average Bonchev–Trinajstić information content (AvgIpc) is 2.59. The van der Waals surface area contributed by atoms with Crippen molar-refractivity contribution in [3.05, 3.63) is 27.7 Å². The Hall–Kier alpha value is -0.290. The maximum atomic E-state index is 9.55. The highest BCUT2D eigenvalue weighted by Crippen LogP contribution is 2.26. The van der Waals surface area contributed by atoms with Gasteiger partial charge in [0.05, 0.1) is 30.4 Å². The summed E-state index contributed by atoms with van der Waals surface area (Å²) in [5.74, 6) is 0. The largest absolute Gasteiger partial charge is 0.388 e. The summed E-state index contributed by atoms with van der Waals surface area (Å²) >= 11 is 9.22. The zero-order valence-corrected chi connectivity index (χ0v) is 10.3. The molecule has 0 radical (unpaired) electrons. The fourth-order valence-electron chi connectivity index (χ4n) is 1.48. The number of aliphatic hydroxyl groups is 1. The average molecular weight is 293 g/mol. The van der Waals surface area contributed by atoms with Gasteiger partial charge in [0.1, 0.15) is 0 Å². The van der Waals surface area contributed by atoms with E-state index in [4.69, 9.17) is 16.3 Å². The highest BCUT2D eigenvalue weighted by molar-refractivity contribution is 9.10. The van der Waals surface area contributed by atoms with E-state index in [0.29, 0.717) is 18.2 Å². The van der Waals surface area contributed by atoms with Gasteiger partial charge in [0.2, 0.25) is 0 Å². The molecule has 15 heavy (non-hydrogen) atoms. The summed E-state index contributed by atoms with van der Waals surface area (Å²) in [5, 5.41) is 13.4. The topological polar surface area (TPSA) is 41.5 Å². The Bertz CT molecular complexity index is 361. The fraction of sp³-hybridized carbons (Fsp3) is 0.400. The number of nitrogens with one attached hydrogen (secondary N) is 1. The number of hydrogen-bond donors (Lipinski definition) is 2. The van der Waals surface area contributed by atoms with Crippen molar-refractivity contribution in [1.82, 2.24) is 0 Å². The van der Waals surface area contributed by atoms with E-state index in [0.717, 1.165) is 10.2 Å². The van der Waals surface area contributed by atoms with Gasteiger partial charge < -0.3 is 15.2 Å². The van der Waals surface area contributed by atoms with Crippen molar-refractivity contribution in [3.8, 4) is 0 Å². The Balaban J connectivity index is 2.07. The van der Waals surface area contributed by atoms with Gasteiger partial charge in [0, 0.05) is 10.2 Å². The van der Waals surface area contributed by atoms with Crippen LogP contribution in [0.2, 0.25) is 5.02 Å². The van der Waals surface area contributed by atoms with E-state index in [2.05, 4.69) is 21.2 Å². The van der Waals surface area contributed by atoms with Crippen molar-refractivity contribution in [1.29, 1.82) is 0 Å². The molecule has 1 saturated heterocycles. The normalized spacial score (nSPS) is 25.5. The molecule has 82 valence electrons. The van der Waals surface area contributed by atoms with Crippen molar-refractivity contribution in [2.75, 3.05) is 18.5 Å². The molecule has 2 atom stereocenters. The number of halogens is 2. The first-order valence-corrected chi connectivity index (χ1v) is 5.81. The Morgan fingerprint density at radius 3 is 2.87 bits per heavy atom. The lowest BCUT2D eigenvalue weighted by atomic mass is 10.2. The molecule has 2 unspecified atom stereocenters. The molecule has 1 aromatic carbocycles. The van der Waals surface area contributed by atoms with E-state index in [1.165, 1.54) is 0 Å². The van der Waals surface area contributed by atoms with Gasteiger partial charge in [-0.3, -0.25) is 0 Å². The molecule has 2 N–H and O–H groups in total. The minimum atomic E-state index is -0.445. The molecule has 1 aliphatic rings. The maximum absolute atomic E-state index is 9.55. The molecule has 1 fully saturated rings. The molecule has 2 rings (SSSR count). The summed E-state index contributed by atoms with van der Waals surface area (Å²) in [6.45, 7) is 0.924. The monoisotopic (exact) mass is 291 g/mol. The summed E-state index contributed by atoms with van der Waals surface area (Å²) in [5.41, 5.74) is 0.917. The van der Waals surface area contributed by atoms with E-state index in [1.807, 2.05) is 12.1 Å². The standard InChI is InChI=1S/C10H11BrClNO2/c11-7-3-6(1-2-8(7)12)13-9-4-15-5-10(9)14/h1-3,9-10,13-14H,4-5H2. The molecule has 0 amide bonds. The molecule has 0 aliphatic carbocycles. The molecule has 0 aromatic heterocycles. The second-order valence-electron chi connectivity index (χ2n) is 3.48. The lowest BCUT2D eigenvalue weighted by molar-refractivity contribution is 0.125. The van der Waals surface area contributed by atoms with Crippen LogP contribution < -0.4 is 5.32 Å². The minimum absolute atomic E-state index is 0.0434. The van der Waals surface area contributed by atoms with Crippen LogP contribution in [0.1, 0.15) is 0 Å². The van der Waals surface area contributed by atoms with Crippen molar-refractivity contribution >= 4 is 33.2 Å². The number of rotatable bonds is 2. The fourth-order valence-corrected chi connectivity index (χ4v) is 1.98. The van der Waals surface area contributed by atoms with Crippen LogP contribution in [0.5, 0.6) is 0 Å². The molecule has 0 bridgehead atoms. The van der Waals surface area contributed by atoms with Crippen LogP contribution >= 0.6 is 27.5 Å². The molecule has 1 aromatic rings. The molecule has 0 saturated carbocycles. The van der Waals surface area contributed by atoms with Crippen molar-refractivity contribution in [2.45, 2.75) is 12.1 Å². The maximum Gasteiger partial charge on any atom is 0.0996 e. The van der Waals surface area contributed by atoms with Crippen LogP contribution in [0, 0.1) is 0 Å². The molecule has 1 heterocycles. The summed E-state index contributed by atoms with van der Waals surface area (Å²) in [6, 6.07) is 5.51. The van der Waals surface area contributed by atoms with E-state index < -0.39 is 6.10 Å². The molecular formula is C10H11BrClNO2. The number of hydrogen-bond acceptors (Lipinski definition) is 3. The van der Waals surface area contributed by atoms with Crippen molar-refractivity contribution < 1.29 is 9.84 Å². The van der Waals surface area contributed by atoms with E-state index in [-0.39, 0.29) is 6.04 Å².